The Morgan fingerprint density at radius 1 is 1.00 bits per heavy atom. The third kappa shape index (κ3) is 2.16. The Morgan fingerprint density at radius 3 is 2.55 bits per heavy atom. The van der Waals surface area contributed by atoms with Gasteiger partial charge in [-0.2, -0.15) is 0 Å². The van der Waals surface area contributed by atoms with Crippen LogP contribution in [0.2, 0.25) is 5.15 Å². The molecule has 3 aromatic rings. The molecule has 102 valence electrons. The minimum Gasteiger partial charge on any atom is -0.493 e. The van der Waals surface area contributed by atoms with Crippen molar-refractivity contribution in [1.82, 2.24) is 15.2 Å². The van der Waals surface area contributed by atoms with Crippen molar-refractivity contribution >= 4 is 22.6 Å². The molecule has 0 atom stereocenters. The molecule has 20 heavy (non-hydrogen) atoms. The van der Waals surface area contributed by atoms with Crippen LogP contribution in [-0.4, -0.2) is 29.4 Å². The lowest BCUT2D eigenvalue weighted by Gasteiger charge is -2.08. The lowest BCUT2D eigenvalue weighted by Crippen LogP contribution is -1.90. The number of benzene rings is 1. The Labute approximate surface area is 120 Å². The van der Waals surface area contributed by atoms with Gasteiger partial charge in [0, 0.05) is 16.6 Å². The number of aromatic amines is 1. The lowest BCUT2D eigenvalue weighted by molar-refractivity contribution is 0.355. The first-order valence-electron chi connectivity index (χ1n) is 5.95. The molecule has 0 radical (unpaired) electrons. The molecule has 0 aliphatic carbocycles. The predicted octanol–water partition coefficient (Wildman–Crippen LogP) is 3.30. The highest BCUT2D eigenvalue weighted by Crippen LogP contribution is 2.33. The molecule has 3 rings (SSSR count). The van der Waals surface area contributed by atoms with E-state index in [0.717, 1.165) is 16.6 Å². The molecular weight excluding hydrogens is 278 g/mol. The first-order valence-corrected chi connectivity index (χ1v) is 6.33. The van der Waals surface area contributed by atoms with Crippen LogP contribution in [0, 0.1) is 0 Å². The summed E-state index contributed by atoms with van der Waals surface area (Å²) in [5.74, 6) is 1.36. The molecule has 2 aromatic heterocycles. The topological polar surface area (TPSA) is 60.0 Å². The molecule has 1 aromatic carbocycles. The van der Waals surface area contributed by atoms with Crippen molar-refractivity contribution in [2.24, 2.45) is 0 Å². The van der Waals surface area contributed by atoms with E-state index in [4.69, 9.17) is 21.1 Å². The summed E-state index contributed by atoms with van der Waals surface area (Å²) >= 11 is 5.84. The van der Waals surface area contributed by atoms with Crippen molar-refractivity contribution in [2.75, 3.05) is 14.2 Å². The minimum absolute atomic E-state index is 0.371. The average molecular weight is 290 g/mol. The molecule has 0 amide bonds. The summed E-state index contributed by atoms with van der Waals surface area (Å²) in [6, 6.07) is 9.44. The Balaban J connectivity index is 2.10. The van der Waals surface area contributed by atoms with E-state index in [-0.39, 0.29) is 0 Å². The zero-order valence-electron chi connectivity index (χ0n) is 11.0. The van der Waals surface area contributed by atoms with E-state index in [0.29, 0.717) is 22.3 Å². The molecule has 0 bridgehead atoms. The second-order valence-electron chi connectivity index (χ2n) is 4.22. The summed E-state index contributed by atoms with van der Waals surface area (Å²) in [4.78, 5) is 3.20. The van der Waals surface area contributed by atoms with Gasteiger partial charge < -0.3 is 14.5 Å². The van der Waals surface area contributed by atoms with E-state index in [9.17, 15) is 0 Å². The fourth-order valence-corrected chi connectivity index (χ4v) is 2.22. The summed E-state index contributed by atoms with van der Waals surface area (Å²) in [5.41, 5.74) is 2.58. The molecule has 6 heteroatoms. The van der Waals surface area contributed by atoms with Crippen LogP contribution in [0.1, 0.15) is 0 Å². The number of halogens is 1. The molecule has 0 saturated heterocycles. The van der Waals surface area contributed by atoms with Gasteiger partial charge in [0.15, 0.2) is 22.3 Å². The maximum absolute atomic E-state index is 5.84. The SMILES string of the molecule is COc1ccc(-c2cc3cc(Cl)nnc3[nH]2)cc1OC. The molecule has 1 N–H and O–H groups in total. The third-order valence-corrected chi connectivity index (χ3v) is 3.23. The zero-order valence-corrected chi connectivity index (χ0v) is 11.7. The molecule has 0 saturated carbocycles. The van der Waals surface area contributed by atoms with Crippen molar-refractivity contribution in [3.8, 4) is 22.8 Å². The monoisotopic (exact) mass is 289 g/mol. The molecule has 0 fully saturated rings. The Hall–Kier alpha value is -2.27. The Kier molecular flexibility index (Phi) is 3.20. The van der Waals surface area contributed by atoms with Crippen LogP contribution in [-0.2, 0) is 0 Å². The molecule has 5 nitrogen and oxygen atoms in total. The number of methoxy groups -OCH3 is 2. The summed E-state index contributed by atoms with van der Waals surface area (Å²) < 4.78 is 10.5. The minimum atomic E-state index is 0.371. The first-order chi connectivity index (χ1) is 9.71. The normalized spacial score (nSPS) is 10.8. The molecule has 0 spiro atoms. The maximum Gasteiger partial charge on any atom is 0.161 e. The second-order valence-corrected chi connectivity index (χ2v) is 4.61. The summed E-state index contributed by atoms with van der Waals surface area (Å²) in [5, 5.41) is 9.11. The van der Waals surface area contributed by atoms with Crippen molar-refractivity contribution in [1.29, 1.82) is 0 Å². The van der Waals surface area contributed by atoms with Crippen molar-refractivity contribution in [3.05, 3.63) is 35.5 Å². The van der Waals surface area contributed by atoms with Gasteiger partial charge in [-0.05, 0) is 30.3 Å². The van der Waals surface area contributed by atoms with Gasteiger partial charge in [-0.1, -0.05) is 11.6 Å². The molecule has 0 unspecified atom stereocenters. The number of fused-ring (bicyclic) bond motifs is 1. The quantitative estimate of drug-likeness (QED) is 0.804. The van der Waals surface area contributed by atoms with E-state index in [2.05, 4.69) is 15.2 Å². The van der Waals surface area contributed by atoms with E-state index in [1.54, 1.807) is 20.3 Å². The maximum atomic E-state index is 5.84. The number of H-pyrrole nitrogens is 1. The highest BCUT2D eigenvalue weighted by atomic mass is 35.5. The molecular formula is C14H12ClN3O2. The van der Waals surface area contributed by atoms with Gasteiger partial charge in [0.1, 0.15) is 0 Å². The highest BCUT2D eigenvalue weighted by Gasteiger charge is 2.09. The highest BCUT2D eigenvalue weighted by molar-refractivity contribution is 6.29. The van der Waals surface area contributed by atoms with Crippen molar-refractivity contribution in [3.63, 3.8) is 0 Å². The van der Waals surface area contributed by atoms with Crippen LogP contribution in [0.5, 0.6) is 11.5 Å². The first kappa shape index (κ1) is 12.7. The fraction of sp³-hybridized carbons (Fsp3) is 0.143. The van der Waals surface area contributed by atoms with E-state index in [1.165, 1.54) is 0 Å². The fourth-order valence-electron chi connectivity index (χ4n) is 2.07. The smallest absolute Gasteiger partial charge is 0.161 e. The van der Waals surface area contributed by atoms with Crippen LogP contribution >= 0.6 is 11.6 Å². The average Bonchev–Trinajstić information content (AvgIpc) is 2.89. The van der Waals surface area contributed by atoms with Gasteiger partial charge in [0.05, 0.1) is 14.2 Å². The van der Waals surface area contributed by atoms with E-state index < -0.39 is 0 Å². The van der Waals surface area contributed by atoms with Crippen molar-refractivity contribution in [2.45, 2.75) is 0 Å². The van der Waals surface area contributed by atoms with Crippen LogP contribution in [0.3, 0.4) is 0 Å². The number of ether oxygens (including phenoxy) is 2. The van der Waals surface area contributed by atoms with Crippen LogP contribution in [0.25, 0.3) is 22.3 Å². The van der Waals surface area contributed by atoms with Crippen molar-refractivity contribution < 1.29 is 9.47 Å². The number of hydrogen-bond donors (Lipinski definition) is 1. The lowest BCUT2D eigenvalue weighted by atomic mass is 10.1. The second kappa shape index (κ2) is 5.02. The standard InChI is InChI=1S/C14H12ClN3O2/c1-19-11-4-3-8(6-12(11)20-2)10-5-9-7-13(15)17-18-14(9)16-10/h3-7H,1-2H3,(H,16,18). The van der Waals surface area contributed by atoms with E-state index in [1.807, 2.05) is 24.3 Å². The van der Waals surface area contributed by atoms with Crippen LogP contribution < -0.4 is 9.47 Å². The van der Waals surface area contributed by atoms with Gasteiger partial charge in [0.25, 0.3) is 0 Å². The number of nitrogens with one attached hydrogen (secondary N) is 1. The number of rotatable bonds is 3. The molecule has 0 aliphatic heterocycles. The van der Waals surface area contributed by atoms with Gasteiger partial charge in [0.2, 0.25) is 0 Å². The zero-order chi connectivity index (χ0) is 14.1. The summed E-state index contributed by atoms with van der Waals surface area (Å²) in [7, 11) is 3.22. The van der Waals surface area contributed by atoms with E-state index >= 15 is 0 Å². The Morgan fingerprint density at radius 2 is 1.80 bits per heavy atom. The molecule has 2 heterocycles. The van der Waals surface area contributed by atoms with Gasteiger partial charge in [-0.25, -0.2) is 0 Å². The third-order valence-electron chi connectivity index (χ3n) is 3.04. The van der Waals surface area contributed by atoms with Gasteiger partial charge in [-0.3, -0.25) is 0 Å². The number of nitrogens with zero attached hydrogens (tertiary/aromatic N) is 2. The molecule has 0 aliphatic rings. The van der Waals surface area contributed by atoms with Crippen LogP contribution in [0.4, 0.5) is 0 Å². The predicted molar refractivity (Wildman–Crippen MR) is 77.4 cm³/mol. The summed E-state index contributed by atoms with van der Waals surface area (Å²) in [6.45, 7) is 0. The summed E-state index contributed by atoms with van der Waals surface area (Å²) in [6.07, 6.45) is 0. The largest absolute Gasteiger partial charge is 0.493 e. The Bertz CT molecular complexity index is 770. The van der Waals surface area contributed by atoms with Crippen LogP contribution in [0.15, 0.2) is 30.3 Å². The van der Waals surface area contributed by atoms with Gasteiger partial charge >= 0.3 is 0 Å². The number of aromatic nitrogens is 3. The van der Waals surface area contributed by atoms with Gasteiger partial charge in [-0.15, -0.1) is 10.2 Å². The number of hydrogen-bond acceptors (Lipinski definition) is 4.